The topological polar surface area (TPSA) is 51.2 Å². The van der Waals surface area contributed by atoms with Crippen LogP contribution in [0.4, 0.5) is 5.82 Å². The number of rotatable bonds is 3. The van der Waals surface area contributed by atoms with Crippen LogP contribution in [-0.4, -0.2) is 5.16 Å². The van der Waals surface area contributed by atoms with Gasteiger partial charge in [-0.15, -0.1) is 0 Å². The molecule has 0 bridgehead atoms. The van der Waals surface area contributed by atoms with E-state index in [9.17, 15) is 0 Å². The molecular formula is C9H10N2O2. The maximum absolute atomic E-state index is 4.92. The molecule has 2 rings (SSSR count). The van der Waals surface area contributed by atoms with Crippen LogP contribution < -0.4 is 5.32 Å². The molecule has 0 aliphatic carbocycles. The fraction of sp³-hybridized carbons (Fsp3) is 0.222. The first-order valence-corrected chi connectivity index (χ1v) is 4.03. The molecule has 0 atom stereocenters. The Balaban J connectivity index is 1.93. The summed E-state index contributed by atoms with van der Waals surface area (Å²) < 4.78 is 9.82. The van der Waals surface area contributed by atoms with Crippen molar-refractivity contribution in [2.75, 3.05) is 5.32 Å². The van der Waals surface area contributed by atoms with Gasteiger partial charge >= 0.3 is 0 Å². The Hall–Kier alpha value is -1.71. The fourth-order valence-corrected chi connectivity index (χ4v) is 1.04. The van der Waals surface area contributed by atoms with Gasteiger partial charge in [0.1, 0.15) is 5.76 Å². The van der Waals surface area contributed by atoms with E-state index < -0.39 is 0 Å². The van der Waals surface area contributed by atoms with E-state index in [4.69, 9.17) is 8.94 Å². The number of hydrogen-bond acceptors (Lipinski definition) is 4. The first kappa shape index (κ1) is 7.91. The summed E-state index contributed by atoms with van der Waals surface area (Å²) in [5, 5.41) is 6.90. The molecule has 4 heteroatoms. The quantitative estimate of drug-likeness (QED) is 0.782. The molecule has 13 heavy (non-hydrogen) atoms. The number of aromatic nitrogens is 1. The largest absolute Gasteiger partial charge is 0.472 e. The van der Waals surface area contributed by atoms with Gasteiger partial charge in [0, 0.05) is 18.2 Å². The number of aryl methyl sites for hydroxylation is 1. The number of nitrogens with one attached hydrogen (secondary N) is 1. The van der Waals surface area contributed by atoms with Crippen molar-refractivity contribution in [3.05, 3.63) is 36.0 Å². The Morgan fingerprint density at radius 2 is 2.46 bits per heavy atom. The van der Waals surface area contributed by atoms with Crippen LogP contribution in [0.2, 0.25) is 0 Å². The Labute approximate surface area is 75.5 Å². The zero-order chi connectivity index (χ0) is 9.10. The molecule has 0 unspecified atom stereocenters. The standard InChI is InChI=1S/C9H10N2O2/c1-7-4-9(11-13-7)10-5-8-2-3-12-6-8/h2-4,6H,5H2,1H3,(H,10,11). The predicted octanol–water partition coefficient (Wildman–Crippen LogP) is 2.19. The molecule has 0 aliphatic heterocycles. The summed E-state index contributed by atoms with van der Waals surface area (Å²) in [7, 11) is 0. The minimum atomic E-state index is 0.697. The van der Waals surface area contributed by atoms with Crippen molar-refractivity contribution in [1.82, 2.24) is 5.16 Å². The molecule has 2 aromatic heterocycles. The van der Waals surface area contributed by atoms with Crippen LogP contribution in [0.15, 0.2) is 33.6 Å². The second-order valence-electron chi connectivity index (χ2n) is 2.81. The van der Waals surface area contributed by atoms with Gasteiger partial charge in [-0.25, -0.2) is 0 Å². The summed E-state index contributed by atoms with van der Waals surface area (Å²) in [6, 6.07) is 3.75. The van der Waals surface area contributed by atoms with Gasteiger partial charge < -0.3 is 14.3 Å². The summed E-state index contributed by atoms with van der Waals surface area (Å²) in [6.07, 6.45) is 3.34. The Morgan fingerprint density at radius 1 is 1.54 bits per heavy atom. The summed E-state index contributed by atoms with van der Waals surface area (Å²) in [5.41, 5.74) is 1.08. The highest BCUT2D eigenvalue weighted by atomic mass is 16.5. The first-order valence-electron chi connectivity index (χ1n) is 4.03. The van der Waals surface area contributed by atoms with E-state index in [1.165, 1.54) is 0 Å². The molecule has 0 aromatic carbocycles. The molecule has 2 aromatic rings. The van der Waals surface area contributed by atoms with Gasteiger partial charge in [0.2, 0.25) is 0 Å². The smallest absolute Gasteiger partial charge is 0.169 e. The van der Waals surface area contributed by atoms with E-state index in [1.807, 2.05) is 19.1 Å². The van der Waals surface area contributed by atoms with E-state index in [0.29, 0.717) is 6.54 Å². The Morgan fingerprint density at radius 3 is 3.08 bits per heavy atom. The molecular weight excluding hydrogens is 168 g/mol. The van der Waals surface area contributed by atoms with E-state index in [1.54, 1.807) is 12.5 Å². The lowest BCUT2D eigenvalue weighted by Gasteiger charge is -1.96. The number of furan rings is 1. The SMILES string of the molecule is Cc1cc(NCc2ccoc2)no1. The molecule has 0 amide bonds. The van der Waals surface area contributed by atoms with Crippen molar-refractivity contribution < 1.29 is 8.94 Å². The minimum Gasteiger partial charge on any atom is -0.472 e. The average molecular weight is 178 g/mol. The van der Waals surface area contributed by atoms with Crippen molar-refractivity contribution >= 4 is 5.82 Å². The summed E-state index contributed by atoms with van der Waals surface area (Å²) in [5.74, 6) is 1.55. The first-order chi connectivity index (χ1) is 6.34. The molecule has 0 radical (unpaired) electrons. The lowest BCUT2D eigenvalue weighted by molar-refractivity contribution is 0.399. The van der Waals surface area contributed by atoms with E-state index in [2.05, 4.69) is 10.5 Å². The van der Waals surface area contributed by atoms with Crippen molar-refractivity contribution in [3.63, 3.8) is 0 Å². The monoisotopic (exact) mass is 178 g/mol. The van der Waals surface area contributed by atoms with Crippen LogP contribution in [0.1, 0.15) is 11.3 Å². The lowest BCUT2D eigenvalue weighted by atomic mass is 10.3. The Bertz CT molecular complexity index is 365. The van der Waals surface area contributed by atoms with E-state index >= 15 is 0 Å². The van der Waals surface area contributed by atoms with E-state index in [-0.39, 0.29) is 0 Å². The zero-order valence-electron chi connectivity index (χ0n) is 7.28. The highest BCUT2D eigenvalue weighted by Crippen LogP contribution is 2.09. The van der Waals surface area contributed by atoms with Gasteiger partial charge in [0.25, 0.3) is 0 Å². The molecule has 68 valence electrons. The third kappa shape index (κ3) is 1.90. The summed E-state index contributed by atoms with van der Waals surface area (Å²) >= 11 is 0. The van der Waals surface area contributed by atoms with Gasteiger partial charge in [0.05, 0.1) is 12.5 Å². The summed E-state index contributed by atoms with van der Waals surface area (Å²) in [6.45, 7) is 2.55. The fourth-order valence-electron chi connectivity index (χ4n) is 1.04. The van der Waals surface area contributed by atoms with E-state index in [0.717, 1.165) is 17.1 Å². The highest BCUT2D eigenvalue weighted by molar-refractivity contribution is 5.34. The maximum Gasteiger partial charge on any atom is 0.169 e. The van der Waals surface area contributed by atoms with Crippen LogP contribution in [0.25, 0.3) is 0 Å². The lowest BCUT2D eigenvalue weighted by Crippen LogP contribution is -1.97. The van der Waals surface area contributed by atoms with Crippen LogP contribution in [0, 0.1) is 6.92 Å². The second-order valence-corrected chi connectivity index (χ2v) is 2.81. The van der Waals surface area contributed by atoms with Crippen molar-refractivity contribution in [2.45, 2.75) is 13.5 Å². The van der Waals surface area contributed by atoms with Gasteiger partial charge in [-0.3, -0.25) is 0 Å². The third-order valence-corrected chi connectivity index (χ3v) is 1.68. The highest BCUT2D eigenvalue weighted by Gasteiger charge is 1.99. The number of hydrogen-bond donors (Lipinski definition) is 1. The van der Waals surface area contributed by atoms with Crippen molar-refractivity contribution in [1.29, 1.82) is 0 Å². The molecule has 0 saturated carbocycles. The molecule has 2 heterocycles. The zero-order valence-corrected chi connectivity index (χ0v) is 7.28. The van der Waals surface area contributed by atoms with Crippen LogP contribution >= 0.6 is 0 Å². The molecule has 4 nitrogen and oxygen atoms in total. The minimum absolute atomic E-state index is 0.697. The van der Waals surface area contributed by atoms with Gasteiger partial charge in [0.15, 0.2) is 5.82 Å². The maximum atomic E-state index is 4.92. The second kappa shape index (κ2) is 3.35. The van der Waals surface area contributed by atoms with Crippen LogP contribution in [-0.2, 0) is 6.54 Å². The number of nitrogens with zero attached hydrogens (tertiary/aromatic N) is 1. The molecule has 0 spiro atoms. The molecule has 0 saturated heterocycles. The Kier molecular flexibility index (Phi) is 2.04. The van der Waals surface area contributed by atoms with Gasteiger partial charge in [-0.1, -0.05) is 5.16 Å². The molecule has 1 N–H and O–H groups in total. The average Bonchev–Trinajstić information content (AvgIpc) is 2.71. The third-order valence-electron chi connectivity index (χ3n) is 1.68. The predicted molar refractivity (Wildman–Crippen MR) is 47.3 cm³/mol. The van der Waals surface area contributed by atoms with Crippen molar-refractivity contribution in [3.8, 4) is 0 Å². The van der Waals surface area contributed by atoms with Crippen LogP contribution in [0.3, 0.4) is 0 Å². The van der Waals surface area contributed by atoms with Crippen molar-refractivity contribution in [2.24, 2.45) is 0 Å². The van der Waals surface area contributed by atoms with Crippen LogP contribution in [0.5, 0.6) is 0 Å². The summed E-state index contributed by atoms with van der Waals surface area (Å²) in [4.78, 5) is 0. The molecule has 0 aliphatic rings. The van der Waals surface area contributed by atoms with Gasteiger partial charge in [-0.05, 0) is 13.0 Å². The number of anilines is 1. The molecule has 0 fully saturated rings. The normalized spacial score (nSPS) is 10.2. The van der Waals surface area contributed by atoms with Gasteiger partial charge in [-0.2, -0.15) is 0 Å².